The van der Waals surface area contributed by atoms with E-state index in [1.54, 1.807) is 39.8 Å². The minimum atomic E-state index is -1.58. The average Bonchev–Trinajstić information content (AvgIpc) is 3.18. The molecular weight excluding hydrogens is 792 g/mol. The minimum absolute atomic E-state index is 0.158. The first-order chi connectivity index (χ1) is 28.6. The molecule has 10 N–H and O–H groups in total. The van der Waals surface area contributed by atoms with Gasteiger partial charge in [0.1, 0.15) is 0 Å². The first-order valence-electron chi connectivity index (χ1n) is 18.0. The Bertz CT molecular complexity index is 2760. The van der Waals surface area contributed by atoms with E-state index >= 15 is 0 Å². The van der Waals surface area contributed by atoms with E-state index in [0.29, 0.717) is 40.0 Å². The summed E-state index contributed by atoms with van der Waals surface area (Å²) in [6.07, 6.45) is 0.392. The highest BCUT2D eigenvalue weighted by molar-refractivity contribution is 6.17. The summed E-state index contributed by atoms with van der Waals surface area (Å²) < 4.78 is 0. The van der Waals surface area contributed by atoms with Crippen molar-refractivity contribution in [2.45, 2.75) is 34.1 Å². The number of hydrogen-bond acceptors (Lipinski definition) is 9. The van der Waals surface area contributed by atoms with Crippen LogP contribution in [0.1, 0.15) is 132 Å². The SMILES string of the molecule is Cc1cc(Cc2cc(C)c(NC(=O)c3cc(C(=O)O)c(C(N)=O)cc3C(=O)O)c(C)c2)cc(C)c1NC(=O)c1ccc(C(=O)c2ccc(C(N)=O)c(C(=O)O)c2)cc1C(=O)O. The fourth-order valence-corrected chi connectivity index (χ4v) is 6.95. The molecule has 0 spiro atoms. The van der Waals surface area contributed by atoms with Gasteiger partial charge in [0.15, 0.2) is 5.78 Å². The molecule has 0 saturated heterocycles. The second-order valence-electron chi connectivity index (χ2n) is 14.0. The monoisotopic (exact) mass is 828 g/mol. The van der Waals surface area contributed by atoms with Gasteiger partial charge < -0.3 is 42.5 Å². The molecule has 17 nitrogen and oxygen atoms in total. The van der Waals surface area contributed by atoms with Crippen molar-refractivity contribution in [2.24, 2.45) is 11.5 Å². The lowest BCUT2D eigenvalue weighted by Gasteiger charge is -2.17. The maximum Gasteiger partial charge on any atom is 0.336 e. The Morgan fingerprint density at radius 3 is 1.15 bits per heavy atom. The maximum absolute atomic E-state index is 13.5. The number of nitrogens with one attached hydrogen (secondary N) is 2. The van der Waals surface area contributed by atoms with Crippen molar-refractivity contribution in [1.82, 2.24) is 0 Å². The van der Waals surface area contributed by atoms with Gasteiger partial charge in [0, 0.05) is 22.5 Å². The first-order valence-corrected chi connectivity index (χ1v) is 18.0. The number of primary amides is 2. The van der Waals surface area contributed by atoms with E-state index in [4.69, 9.17) is 11.5 Å². The van der Waals surface area contributed by atoms with Crippen LogP contribution >= 0.6 is 0 Å². The number of ketones is 1. The summed E-state index contributed by atoms with van der Waals surface area (Å²) in [5.41, 5.74) is 11.1. The summed E-state index contributed by atoms with van der Waals surface area (Å²) in [4.78, 5) is 111. The van der Waals surface area contributed by atoms with Crippen LogP contribution in [0.5, 0.6) is 0 Å². The molecule has 17 heteroatoms. The molecule has 0 heterocycles. The molecule has 0 radical (unpaired) electrons. The Morgan fingerprint density at radius 2 is 0.754 bits per heavy atom. The molecule has 0 saturated carbocycles. The molecule has 5 aromatic carbocycles. The Kier molecular flexibility index (Phi) is 12.3. The lowest BCUT2D eigenvalue weighted by Crippen LogP contribution is -2.22. The summed E-state index contributed by atoms with van der Waals surface area (Å²) in [5.74, 6) is -10.8. The minimum Gasteiger partial charge on any atom is -0.478 e. The van der Waals surface area contributed by atoms with Crippen LogP contribution in [0, 0.1) is 27.7 Å². The lowest BCUT2D eigenvalue weighted by atomic mass is 9.94. The van der Waals surface area contributed by atoms with Crippen molar-refractivity contribution in [1.29, 1.82) is 0 Å². The van der Waals surface area contributed by atoms with Gasteiger partial charge in [0.05, 0.1) is 44.5 Å². The topological polar surface area (TPSA) is 311 Å². The third-order valence-corrected chi connectivity index (χ3v) is 9.73. The predicted octanol–water partition coefficient (Wildman–Crippen LogP) is 5.24. The number of anilines is 2. The fraction of sp³-hybridized carbons (Fsp3) is 0.114. The van der Waals surface area contributed by atoms with Gasteiger partial charge in [-0.3, -0.25) is 24.0 Å². The standard InChI is InChI=1S/C44H36N4O13/c1-18-9-22(13-23-11-20(3)35(21(4)12-23)48-40(53)29-17-32(43(58)59)28(38(46)51)16-33(29)44(60)61)10-19(2)34(18)47-39(52)27-8-6-25(15-31(27)42(56)57)36(49)24-5-7-26(37(45)50)30(14-24)41(54)55/h5-12,14-17H,13H2,1-4H3,(H2,45,50)(H2,46,51)(H,47,52)(H,48,53)(H,54,55)(H,56,57)(H,58,59)(H,60,61). The van der Waals surface area contributed by atoms with Crippen molar-refractivity contribution >= 4 is 64.7 Å². The Hall–Kier alpha value is -8.47. The number of benzene rings is 5. The highest BCUT2D eigenvalue weighted by Crippen LogP contribution is 2.29. The summed E-state index contributed by atoms with van der Waals surface area (Å²) in [6, 6.07) is 15.4. The van der Waals surface area contributed by atoms with E-state index in [-0.39, 0.29) is 22.3 Å². The highest BCUT2D eigenvalue weighted by atomic mass is 16.4. The van der Waals surface area contributed by atoms with Crippen LogP contribution in [0.15, 0.2) is 72.8 Å². The summed E-state index contributed by atoms with van der Waals surface area (Å²) in [6.45, 7) is 6.91. The van der Waals surface area contributed by atoms with Gasteiger partial charge in [-0.15, -0.1) is 0 Å². The number of carboxylic acid groups (broad SMARTS) is 4. The summed E-state index contributed by atoms with van der Waals surface area (Å²) >= 11 is 0. The third kappa shape index (κ3) is 9.15. The molecular formula is C44H36N4O13. The number of aryl methyl sites for hydroxylation is 4. The summed E-state index contributed by atoms with van der Waals surface area (Å²) in [7, 11) is 0. The number of rotatable bonds is 14. The average molecular weight is 829 g/mol. The fourth-order valence-electron chi connectivity index (χ4n) is 6.95. The number of carbonyl (C=O) groups excluding carboxylic acids is 5. The predicted molar refractivity (Wildman–Crippen MR) is 218 cm³/mol. The number of aromatic carboxylic acids is 4. The van der Waals surface area contributed by atoms with Crippen LogP contribution in [-0.2, 0) is 6.42 Å². The molecule has 0 aliphatic heterocycles. The second-order valence-corrected chi connectivity index (χ2v) is 14.0. The van der Waals surface area contributed by atoms with Crippen LogP contribution in [0.4, 0.5) is 11.4 Å². The zero-order valence-electron chi connectivity index (χ0n) is 32.8. The largest absolute Gasteiger partial charge is 0.478 e. The van der Waals surface area contributed by atoms with Crippen LogP contribution in [-0.4, -0.2) is 73.7 Å². The van der Waals surface area contributed by atoms with Crippen LogP contribution in [0.25, 0.3) is 0 Å². The molecule has 0 aliphatic carbocycles. The Labute approximate surface area is 345 Å². The van der Waals surface area contributed by atoms with Gasteiger partial charge in [-0.25, -0.2) is 19.2 Å². The molecule has 0 aliphatic rings. The quantitative estimate of drug-likeness (QED) is 0.0665. The van der Waals surface area contributed by atoms with E-state index in [0.717, 1.165) is 47.5 Å². The van der Waals surface area contributed by atoms with Gasteiger partial charge in [-0.1, -0.05) is 36.4 Å². The molecule has 0 atom stereocenters. The Morgan fingerprint density at radius 1 is 0.426 bits per heavy atom. The molecule has 61 heavy (non-hydrogen) atoms. The van der Waals surface area contributed by atoms with Gasteiger partial charge in [0.2, 0.25) is 11.8 Å². The molecule has 5 rings (SSSR count). The van der Waals surface area contributed by atoms with Crippen LogP contribution in [0.3, 0.4) is 0 Å². The first kappa shape index (κ1) is 43.6. The maximum atomic E-state index is 13.5. The molecule has 0 unspecified atom stereocenters. The number of carboxylic acids is 4. The van der Waals surface area contributed by atoms with Crippen molar-refractivity contribution < 1.29 is 63.6 Å². The Balaban J connectivity index is 1.36. The zero-order valence-corrected chi connectivity index (χ0v) is 32.8. The van der Waals surface area contributed by atoms with Crippen LogP contribution < -0.4 is 22.1 Å². The molecule has 4 amide bonds. The van der Waals surface area contributed by atoms with Crippen molar-refractivity contribution in [3.8, 4) is 0 Å². The lowest BCUT2D eigenvalue weighted by molar-refractivity contribution is 0.0677. The molecule has 0 bridgehead atoms. The van der Waals surface area contributed by atoms with E-state index in [1.165, 1.54) is 12.1 Å². The number of hydrogen-bond donors (Lipinski definition) is 8. The van der Waals surface area contributed by atoms with E-state index < -0.39 is 86.7 Å². The second kappa shape index (κ2) is 17.2. The molecule has 5 aromatic rings. The number of amides is 4. The number of nitrogens with two attached hydrogens (primary N) is 2. The smallest absolute Gasteiger partial charge is 0.336 e. The van der Waals surface area contributed by atoms with Gasteiger partial charge in [-0.05, 0) is 104 Å². The van der Waals surface area contributed by atoms with Crippen LogP contribution in [0.2, 0.25) is 0 Å². The van der Waals surface area contributed by atoms with Crippen molar-refractivity contribution in [2.75, 3.05) is 10.6 Å². The van der Waals surface area contributed by atoms with Crippen molar-refractivity contribution in [3.63, 3.8) is 0 Å². The van der Waals surface area contributed by atoms with Gasteiger partial charge >= 0.3 is 23.9 Å². The van der Waals surface area contributed by atoms with Crippen molar-refractivity contribution in [3.05, 3.63) is 162 Å². The van der Waals surface area contributed by atoms with Gasteiger partial charge in [0.25, 0.3) is 11.8 Å². The summed E-state index contributed by atoms with van der Waals surface area (Å²) in [5, 5.41) is 44.2. The molecule has 0 fully saturated rings. The van der Waals surface area contributed by atoms with E-state index in [1.807, 2.05) is 12.1 Å². The number of carbonyl (C=O) groups is 9. The van der Waals surface area contributed by atoms with E-state index in [9.17, 15) is 63.6 Å². The van der Waals surface area contributed by atoms with E-state index in [2.05, 4.69) is 10.6 Å². The van der Waals surface area contributed by atoms with Gasteiger partial charge in [-0.2, -0.15) is 0 Å². The highest BCUT2D eigenvalue weighted by Gasteiger charge is 2.26. The molecule has 310 valence electrons. The zero-order chi connectivity index (χ0) is 45.2. The third-order valence-electron chi connectivity index (χ3n) is 9.73. The normalized spacial score (nSPS) is 10.7. The molecule has 0 aromatic heterocycles.